The zero-order chi connectivity index (χ0) is 16.9. The van der Waals surface area contributed by atoms with Crippen LogP contribution in [-0.4, -0.2) is 27.4 Å². The third-order valence-corrected chi connectivity index (χ3v) is 4.13. The first-order chi connectivity index (χ1) is 11.7. The Morgan fingerprint density at radius 1 is 0.958 bits per heavy atom. The first kappa shape index (κ1) is 16.5. The fourth-order valence-electron chi connectivity index (χ4n) is 2.71. The third-order valence-electron chi connectivity index (χ3n) is 4.13. The summed E-state index contributed by atoms with van der Waals surface area (Å²) in [5, 5.41) is 3.52. The normalized spacial score (nSPS) is 14.1. The molecule has 0 unspecified atom stereocenters. The standard InChI is InChI=1S/C19H23NO4/c1-13(15-5-7-16(21-2)18(11-15)22-3)20-12-14-4-6-17-19(10-14)24-9-8-23-17/h4-7,10-11,13,20H,8-9,12H2,1-3H3/t13-/m1/s1. The smallest absolute Gasteiger partial charge is 0.161 e. The second kappa shape index (κ2) is 7.45. The highest BCUT2D eigenvalue weighted by atomic mass is 16.6. The van der Waals surface area contributed by atoms with Crippen LogP contribution in [0.5, 0.6) is 23.0 Å². The number of hydrogen-bond acceptors (Lipinski definition) is 5. The van der Waals surface area contributed by atoms with Gasteiger partial charge in [-0.3, -0.25) is 0 Å². The van der Waals surface area contributed by atoms with Crippen LogP contribution in [0.1, 0.15) is 24.1 Å². The fourth-order valence-corrected chi connectivity index (χ4v) is 2.71. The van der Waals surface area contributed by atoms with Gasteiger partial charge in [0.2, 0.25) is 0 Å². The van der Waals surface area contributed by atoms with Crippen LogP contribution in [0.15, 0.2) is 36.4 Å². The van der Waals surface area contributed by atoms with Crippen molar-refractivity contribution >= 4 is 0 Å². The molecule has 0 fully saturated rings. The van der Waals surface area contributed by atoms with Crippen LogP contribution in [-0.2, 0) is 6.54 Å². The van der Waals surface area contributed by atoms with Crippen LogP contribution < -0.4 is 24.3 Å². The van der Waals surface area contributed by atoms with Crippen LogP contribution in [0.2, 0.25) is 0 Å². The maximum atomic E-state index is 5.63. The second-order valence-corrected chi connectivity index (χ2v) is 5.70. The van der Waals surface area contributed by atoms with Crippen molar-refractivity contribution < 1.29 is 18.9 Å². The highest BCUT2D eigenvalue weighted by molar-refractivity contribution is 5.45. The molecule has 0 bridgehead atoms. The van der Waals surface area contributed by atoms with Gasteiger partial charge in [-0.1, -0.05) is 12.1 Å². The molecule has 2 aromatic carbocycles. The molecule has 1 heterocycles. The van der Waals surface area contributed by atoms with E-state index >= 15 is 0 Å². The molecule has 0 spiro atoms. The third kappa shape index (κ3) is 3.57. The minimum atomic E-state index is 0.179. The molecule has 1 atom stereocenters. The zero-order valence-electron chi connectivity index (χ0n) is 14.3. The van der Waals surface area contributed by atoms with E-state index in [1.54, 1.807) is 14.2 Å². The van der Waals surface area contributed by atoms with E-state index in [-0.39, 0.29) is 6.04 Å². The van der Waals surface area contributed by atoms with E-state index in [4.69, 9.17) is 18.9 Å². The average Bonchev–Trinajstić information content (AvgIpc) is 2.65. The van der Waals surface area contributed by atoms with E-state index in [9.17, 15) is 0 Å². The van der Waals surface area contributed by atoms with E-state index in [1.165, 1.54) is 0 Å². The minimum absolute atomic E-state index is 0.179. The van der Waals surface area contributed by atoms with Gasteiger partial charge in [0, 0.05) is 12.6 Å². The monoisotopic (exact) mass is 329 g/mol. The molecule has 0 aromatic heterocycles. The predicted molar refractivity (Wildman–Crippen MR) is 92.2 cm³/mol. The van der Waals surface area contributed by atoms with Gasteiger partial charge in [0.15, 0.2) is 23.0 Å². The van der Waals surface area contributed by atoms with Crippen molar-refractivity contribution in [3.05, 3.63) is 47.5 Å². The quantitative estimate of drug-likeness (QED) is 0.881. The summed E-state index contributed by atoms with van der Waals surface area (Å²) in [6.45, 7) is 4.08. The molecule has 1 aliphatic heterocycles. The van der Waals surface area contributed by atoms with Crippen molar-refractivity contribution in [3.8, 4) is 23.0 Å². The van der Waals surface area contributed by atoms with Crippen LogP contribution in [0.25, 0.3) is 0 Å². The predicted octanol–water partition coefficient (Wildman–Crippen LogP) is 3.33. The number of nitrogens with one attached hydrogen (secondary N) is 1. The Labute approximate surface area is 142 Å². The lowest BCUT2D eigenvalue weighted by molar-refractivity contribution is 0.171. The number of rotatable bonds is 6. The van der Waals surface area contributed by atoms with E-state index in [1.807, 2.05) is 30.3 Å². The van der Waals surface area contributed by atoms with Crippen molar-refractivity contribution in [2.45, 2.75) is 19.5 Å². The number of methoxy groups -OCH3 is 2. The Hall–Kier alpha value is -2.40. The van der Waals surface area contributed by atoms with Crippen molar-refractivity contribution in [3.63, 3.8) is 0 Å². The van der Waals surface area contributed by atoms with Gasteiger partial charge in [0.05, 0.1) is 14.2 Å². The van der Waals surface area contributed by atoms with E-state index < -0.39 is 0 Å². The molecule has 5 heteroatoms. The van der Waals surface area contributed by atoms with Crippen molar-refractivity contribution in [1.29, 1.82) is 0 Å². The molecule has 2 aromatic rings. The topological polar surface area (TPSA) is 49.0 Å². The summed E-state index contributed by atoms with van der Waals surface area (Å²) in [7, 11) is 3.29. The number of ether oxygens (including phenoxy) is 4. The Bertz CT molecular complexity index is 702. The zero-order valence-corrected chi connectivity index (χ0v) is 14.3. The van der Waals surface area contributed by atoms with Crippen molar-refractivity contribution in [1.82, 2.24) is 5.32 Å². The Morgan fingerprint density at radius 2 is 1.71 bits per heavy atom. The van der Waals surface area contributed by atoms with Gasteiger partial charge >= 0.3 is 0 Å². The Morgan fingerprint density at radius 3 is 2.46 bits per heavy atom. The van der Waals surface area contributed by atoms with Gasteiger partial charge in [-0.25, -0.2) is 0 Å². The SMILES string of the molecule is COc1ccc([C@@H](C)NCc2ccc3c(c2)OCCO3)cc1OC. The summed E-state index contributed by atoms with van der Waals surface area (Å²) in [5.74, 6) is 3.11. The Balaban J connectivity index is 1.66. The van der Waals surface area contributed by atoms with Gasteiger partial charge in [-0.15, -0.1) is 0 Å². The molecule has 5 nitrogen and oxygen atoms in total. The molecule has 3 rings (SSSR count). The maximum Gasteiger partial charge on any atom is 0.161 e. The maximum absolute atomic E-state index is 5.63. The summed E-state index contributed by atoms with van der Waals surface area (Å²) in [5.41, 5.74) is 2.30. The van der Waals surface area contributed by atoms with Crippen molar-refractivity contribution in [2.24, 2.45) is 0 Å². The van der Waals surface area contributed by atoms with Gasteiger partial charge in [-0.05, 0) is 42.3 Å². The van der Waals surface area contributed by atoms with Crippen LogP contribution in [0, 0.1) is 0 Å². The molecule has 0 radical (unpaired) electrons. The minimum Gasteiger partial charge on any atom is -0.493 e. The molecule has 128 valence electrons. The lowest BCUT2D eigenvalue weighted by atomic mass is 10.1. The lowest BCUT2D eigenvalue weighted by Gasteiger charge is -2.20. The number of hydrogen-bond donors (Lipinski definition) is 1. The summed E-state index contributed by atoms with van der Waals surface area (Å²) in [6.07, 6.45) is 0. The summed E-state index contributed by atoms with van der Waals surface area (Å²) in [6, 6.07) is 12.2. The molecular weight excluding hydrogens is 306 g/mol. The first-order valence-electron chi connectivity index (χ1n) is 8.05. The van der Waals surface area contributed by atoms with Crippen LogP contribution in [0.4, 0.5) is 0 Å². The number of fused-ring (bicyclic) bond motifs is 1. The summed E-state index contributed by atoms with van der Waals surface area (Å²) < 4.78 is 21.8. The molecule has 1 N–H and O–H groups in total. The van der Waals surface area contributed by atoms with E-state index in [2.05, 4.69) is 18.3 Å². The lowest BCUT2D eigenvalue weighted by Crippen LogP contribution is -2.19. The molecular formula is C19H23NO4. The molecule has 24 heavy (non-hydrogen) atoms. The largest absolute Gasteiger partial charge is 0.493 e. The Kier molecular flexibility index (Phi) is 5.11. The highest BCUT2D eigenvalue weighted by Crippen LogP contribution is 2.32. The van der Waals surface area contributed by atoms with Gasteiger partial charge in [0.1, 0.15) is 13.2 Å². The molecule has 0 saturated carbocycles. The molecule has 0 amide bonds. The molecule has 0 aliphatic carbocycles. The van der Waals surface area contributed by atoms with E-state index in [0.29, 0.717) is 13.2 Å². The summed E-state index contributed by atoms with van der Waals surface area (Å²) >= 11 is 0. The molecule has 0 saturated heterocycles. The fraction of sp³-hybridized carbons (Fsp3) is 0.368. The van der Waals surface area contributed by atoms with Gasteiger partial charge in [0.25, 0.3) is 0 Å². The van der Waals surface area contributed by atoms with Gasteiger partial charge in [-0.2, -0.15) is 0 Å². The van der Waals surface area contributed by atoms with Crippen LogP contribution >= 0.6 is 0 Å². The van der Waals surface area contributed by atoms with Crippen LogP contribution in [0.3, 0.4) is 0 Å². The van der Waals surface area contributed by atoms with E-state index in [0.717, 1.165) is 40.7 Å². The summed E-state index contributed by atoms with van der Waals surface area (Å²) in [4.78, 5) is 0. The van der Waals surface area contributed by atoms with Gasteiger partial charge < -0.3 is 24.3 Å². The highest BCUT2D eigenvalue weighted by Gasteiger charge is 2.13. The molecule has 1 aliphatic rings. The second-order valence-electron chi connectivity index (χ2n) is 5.70. The average molecular weight is 329 g/mol. The first-order valence-corrected chi connectivity index (χ1v) is 8.05. The number of benzene rings is 2. The van der Waals surface area contributed by atoms with Crippen molar-refractivity contribution in [2.75, 3.05) is 27.4 Å².